The molecule has 0 aliphatic heterocycles. The fourth-order valence-corrected chi connectivity index (χ4v) is 1.49. The number of rotatable bonds is 3. The van der Waals surface area contributed by atoms with Gasteiger partial charge in [-0.05, 0) is 6.07 Å². The van der Waals surface area contributed by atoms with E-state index in [9.17, 15) is 0 Å². The topological polar surface area (TPSA) is 54.6 Å². The molecule has 0 aliphatic carbocycles. The fraction of sp³-hybridized carbons (Fsp3) is 0.100. The number of nitrogens with one attached hydrogen (secondary N) is 1. The highest BCUT2D eigenvalue weighted by atomic mass is 35.5. The van der Waals surface area contributed by atoms with Crippen molar-refractivity contribution in [3.05, 3.63) is 35.9 Å². The van der Waals surface area contributed by atoms with Gasteiger partial charge in [0.25, 0.3) is 0 Å². The number of fused-ring (bicyclic) bond motifs is 1. The second-order valence-electron chi connectivity index (χ2n) is 3.09. The second kappa shape index (κ2) is 4.32. The summed E-state index contributed by atoms with van der Waals surface area (Å²) >= 11 is 6.01. The van der Waals surface area contributed by atoms with Crippen LogP contribution in [0, 0.1) is 0 Å². The summed E-state index contributed by atoms with van der Waals surface area (Å²) in [5.41, 5.74) is 4.71. The van der Waals surface area contributed by atoms with Crippen molar-refractivity contribution in [1.29, 1.82) is 0 Å². The van der Waals surface area contributed by atoms with Crippen molar-refractivity contribution in [2.75, 3.05) is 7.05 Å². The van der Waals surface area contributed by atoms with Gasteiger partial charge in [0, 0.05) is 12.6 Å². The van der Waals surface area contributed by atoms with Crippen LogP contribution in [0.25, 0.3) is 11.1 Å². The Bertz CT molecular complexity index is 557. The van der Waals surface area contributed by atoms with Crippen LogP contribution in [-0.4, -0.2) is 27.9 Å². The molecule has 16 heavy (non-hydrogen) atoms. The Labute approximate surface area is 97.4 Å². The second-order valence-corrected chi connectivity index (χ2v) is 3.44. The van der Waals surface area contributed by atoms with Crippen LogP contribution in [0.5, 0.6) is 0 Å². The van der Waals surface area contributed by atoms with E-state index >= 15 is 0 Å². The van der Waals surface area contributed by atoms with Crippen LogP contribution in [0.2, 0.25) is 5.15 Å². The summed E-state index contributed by atoms with van der Waals surface area (Å²) in [5, 5.41) is 8.35. The first-order chi connectivity index (χ1) is 7.72. The van der Waals surface area contributed by atoms with E-state index in [0.717, 1.165) is 5.52 Å². The highest BCUT2D eigenvalue weighted by Crippen LogP contribution is 2.17. The smallest absolute Gasteiger partial charge is 0.155 e. The highest BCUT2D eigenvalue weighted by molar-refractivity contribution is 6.32. The van der Waals surface area contributed by atoms with E-state index in [1.54, 1.807) is 36.2 Å². The molecule has 0 saturated carbocycles. The average molecular weight is 236 g/mol. The lowest BCUT2D eigenvalue weighted by Crippen LogP contribution is -1.99. The minimum absolute atomic E-state index is 0.397. The van der Waals surface area contributed by atoms with Gasteiger partial charge in [0.2, 0.25) is 0 Å². The molecule has 2 aromatic rings. The predicted molar refractivity (Wildman–Crippen MR) is 64.6 cm³/mol. The first kappa shape index (κ1) is 10.6. The van der Waals surface area contributed by atoms with Crippen molar-refractivity contribution in [2.24, 2.45) is 5.10 Å². The Kier molecular flexibility index (Phi) is 2.87. The molecule has 0 unspecified atom stereocenters. The van der Waals surface area contributed by atoms with Crippen LogP contribution in [-0.2, 0) is 0 Å². The molecule has 2 rings (SSSR count). The third-order valence-electron chi connectivity index (χ3n) is 2.02. The maximum absolute atomic E-state index is 6.01. The third kappa shape index (κ3) is 1.90. The van der Waals surface area contributed by atoms with Crippen LogP contribution in [0.15, 0.2) is 30.1 Å². The molecule has 0 saturated heterocycles. The highest BCUT2D eigenvalue weighted by Gasteiger charge is 2.06. The first-order valence-electron chi connectivity index (χ1n) is 4.61. The van der Waals surface area contributed by atoms with Crippen LogP contribution >= 0.6 is 11.6 Å². The minimum Gasteiger partial charge on any atom is -0.313 e. The molecule has 2 aromatic heterocycles. The van der Waals surface area contributed by atoms with Gasteiger partial charge in [-0.15, -0.1) is 0 Å². The fourth-order valence-electron chi connectivity index (χ4n) is 1.25. The van der Waals surface area contributed by atoms with Gasteiger partial charge in [0.15, 0.2) is 5.15 Å². The predicted octanol–water partition coefficient (Wildman–Crippen LogP) is 1.60. The van der Waals surface area contributed by atoms with Gasteiger partial charge in [-0.25, -0.2) is 9.50 Å². The first-order valence-corrected chi connectivity index (χ1v) is 4.99. The van der Waals surface area contributed by atoms with E-state index in [1.807, 2.05) is 0 Å². The number of hydrazone groups is 1. The number of aromatic nitrogens is 3. The molecular weight excluding hydrogens is 226 g/mol. The Balaban J connectivity index is 2.45. The molecule has 0 bridgehead atoms. The summed E-state index contributed by atoms with van der Waals surface area (Å²) in [7, 11) is 1.71. The van der Waals surface area contributed by atoms with E-state index in [2.05, 4.69) is 27.2 Å². The maximum atomic E-state index is 6.01. The lowest BCUT2D eigenvalue weighted by Gasteiger charge is -2.02. The molecule has 0 fully saturated rings. The van der Waals surface area contributed by atoms with Crippen molar-refractivity contribution in [1.82, 2.24) is 20.0 Å². The average Bonchev–Trinajstić information content (AvgIpc) is 2.74. The summed E-state index contributed by atoms with van der Waals surface area (Å²) in [6.07, 6.45) is 5.00. The molecule has 6 heteroatoms. The van der Waals surface area contributed by atoms with Crippen LogP contribution in [0.1, 0.15) is 5.69 Å². The Morgan fingerprint density at radius 3 is 3.25 bits per heavy atom. The Morgan fingerprint density at radius 1 is 1.69 bits per heavy atom. The maximum Gasteiger partial charge on any atom is 0.155 e. The van der Waals surface area contributed by atoms with Gasteiger partial charge in [-0.3, -0.25) is 0 Å². The molecule has 0 spiro atoms. The van der Waals surface area contributed by atoms with Gasteiger partial charge < -0.3 is 5.43 Å². The van der Waals surface area contributed by atoms with Gasteiger partial charge in [0.1, 0.15) is 5.52 Å². The van der Waals surface area contributed by atoms with E-state index in [-0.39, 0.29) is 0 Å². The summed E-state index contributed by atoms with van der Waals surface area (Å²) in [4.78, 5) is 4.21. The van der Waals surface area contributed by atoms with Gasteiger partial charge in [-0.1, -0.05) is 18.2 Å². The number of hydrogen-bond acceptors (Lipinski definition) is 4. The number of halogens is 1. The number of nitrogens with zero attached hydrogens (tertiary/aromatic N) is 4. The monoisotopic (exact) mass is 235 g/mol. The molecule has 0 aromatic carbocycles. The lowest BCUT2D eigenvalue weighted by molar-refractivity contribution is 0.908. The molecule has 2 heterocycles. The molecule has 1 N–H and O–H groups in total. The molecule has 0 amide bonds. The minimum atomic E-state index is 0.397. The normalized spacial score (nSPS) is 11.1. The van der Waals surface area contributed by atoms with Gasteiger partial charge in [0.05, 0.1) is 24.3 Å². The standard InChI is InChI=1S/C10H10ClN5/c1-7(5-13-12-2)8-6-16-9(3-4-14-16)10(11)15-8/h3-6,12H,1H2,2H3/b13-5-. The van der Waals surface area contributed by atoms with E-state index in [0.29, 0.717) is 16.4 Å². The van der Waals surface area contributed by atoms with Crippen molar-refractivity contribution in [3.63, 3.8) is 0 Å². The summed E-state index contributed by atoms with van der Waals surface area (Å²) in [5.74, 6) is 0. The zero-order valence-electron chi connectivity index (χ0n) is 8.68. The Morgan fingerprint density at radius 2 is 2.50 bits per heavy atom. The molecule has 0 radical (unpaired) electrons. The van der Waals surface area contributed by atoms with Crippen molar-refractivity contribution < 1.29 is 0 Å². The summed E-state index contributed by atoms with van der Waals surface area (Å²) in [6, 6.07) is 1.80. The summed E-state index contributed by atoms with van der Waals surface area (Å²) in [6.45, 7) is 3.84. The lowest BCUT2D eigenvalue weighted by atomic mass is 10.2. The molecule has 82 valence electrons. The zero-order valence-corrected chi connectivity index (χ0v) is 9.44. The van der Waals surface area contributed by atoms with Gasteiger partial charge >= 0.3 is 0 Å². The van der Waals surface area contributed by atoms with E-state index < -0.39 is 0 Å². The van der Waals surface area contributed by atoms with Crippen LogP contribution in [0.4, 0.5) is 0 Å². The SMILES string of the molecule is C=C(/C=N\NC)c1cn2nccc2c(Cl)n1. The zero-order chi connectivity index (χ0) is 11.5. The van der Waals surface area contributed by atoms with Crippen molar-refractivity contribution >= 4 is 28.9 Å². The van der Waals surface area contributed by atoms with Crippen molar-refractivity contribution in [2.45, 2.75) is 0 Å². The van der Waals surface area contributed by atoms with Crippen LogP contribution < -0.4 is 5.43 Å². The Hall–Kier alpha value is -1.88. The van der Waals surface area contributed by atoms with E-state index in [4.69, 9.17) is 11.6 Å². The molecule has 5 nitrogen and oxygen atoms in total. The number of hydrogen-bond donors (Lipinski definition) is 1. The quantitative estimate of drug-likeness (QED) is 0.650. The van der Waals surface area contributed by atoms with Crippen molar-refractivity contribution in [3.8, 4) is 0 Å². The number of allylic oxidation sites excluding steroid dienone is 1. The third-order valence-corrected chi connectivity index (χ3v) is 2.30. The summed E-state index contributed by atoms with van der Waals surface area (Å²) < 4.78 is 1.66. The largest absolute Gasteiger partial charge is 0.313 e. The van der Waals surface area contributed by atoms with Crippen LogP contribution in [0.3, 0.4) is 0 Å². The van der Waals surface area contributed by atoms with E-state index in [1.165, 1.54) is 0 Å². The molecular formula is C10H10ClN5. The molecule has 0 aliphatic rings. The van der Waals surface area contributed by atoms with Gasteiger partial charge in [-0.2, -0.15) is 10.2 Å². The molecule has 0 atom stereocenters.